The van der Waals surface area contributed by atoms with Crippen molar-refractivity contribution in [1.82, 2.24) is 0 Å². The molecule has 1 radical (unpaired) electrons. The van der Waals surface area contributed by atoms with E-state index in [1.807, 2.05) is 0 Å². The highest BCUT2D eigenvalue weighted by atomic mass is 14.1. The van der Waals surface area contributed by atoms with Crippen molar-refractivity contribution in [2.24, 2.45) is 0 Å². The van der Waals surface area contributed by atoms with Gasteiger partial charge in [-0.3, -0.25) is 0 Å². The Morgan fingerprint density at radius 1 is 1.07 bits per heavy atom. The van der Waals surface area contributed by atoms with Gasteiger partial charge < -0.3 is 0 Å². The van der Waals surface area contributed by atoms with E-state index in [0.717, 1.165) is 6.42 Å². The molecule has 0 unspecified atom stereocenters. The molecule has 0 amide bonds. The van der Waals surface area contributed by atoms with Crippen molar-refractivity contribution in [1.29, 1.82) is 0 Å². The van der Waals surface area contributed by atoms with Crippen LogP contribution in [0.5, 0.6) is 0 Å². The van der Waals surface area contributed by atoms with E-state index >= 15 is 0 Å². The Balaban J connectivity index is 2.36. The molecule has 2 rings (SSSR count). The zero-order valence-electron chi connectivity index (χ0n) is 8.75. The average molecular weight is 183 g/mol. The van der Waals surface area contributed by atoms with Gasteiger partial charge in [-0.15, -0.1) is 0 Å². The van der Waals surface area contributed by atoms with Crippen LogP contribution in [0.3, 0.4) is 0 Å². The molecular formula is C14H15. The van der Waals surface area contributed by atoms with E-state index in [1.165, 1.54) is 22.6 Å². The summed E-state index contributed by atoms with van der Waals surface area (Å²) in [6, 6.07) is 8.57. The predicted molar refractivity (Wildman–Crippen MR) is 61.8 cm³/mol. The molecule has 0 heterocycles. The second kappa shape index (κ2) is 3.83. The first kappa shape index (κ1) is 9.26. The van der Waals surface area contributed by atoms with Crippen LogP contribution >= 0.6 is 0 Å². The van der Waals surface area contributed by atoms with Gasteiger partial charge in [-0.2, -0.15) is 0 Å². The molecule has 0 saturated carbocycles. The Bertz CT molecular complexity index is 383. The van der Waals surface area contributed by atoms with E-state index in [1.54, 1.807) is 0 Å². The summed E-state index contributed by atoms with van der Waals surface area (Å²) in [7, 11) is 0. The molecule has 0 bridgehead atoms. The predicted octanol–water partition coefficient (Wildman–Crippen LogP) is 3.93. The third-order valence-corrected chi connectivity index (χ3v) is 2.64. The van der Waals surface area contributed by atoms with Gasteiger partial charge in [0.1, 0.15) is 0 Å². The average Bonchev–Trinajstić information content (AvgIpc) is 2.18. The van der Waals surface area contributed by atoms with Crippen LogP contribution in [0.1, 0.15) is 24.5 Å². The van der Waals surface area contributed by atoms with Gasteiger partial charge in [-0.25, -0.2) is 0 Å². The van der Waals surface area contributed by atoms with Crippen molar-refractivity contribution in [3.63, 3.8) is 0 Å². The second-order valence-electron chi connectivity index (χ2n) is 3.89. The minimum absolute atomic E-state index is 1.08. The van der Waals surface area contributed by atoms with E-state index < -0.39 is 0 Å². The molecule has 0 aliphatic heterocycles. The number of hydrogen-bond donors (Lipinski definition) is 0. The lowest BCUT2D eigenvalue weighted by atomic mass is 9.89. The van der Waals surface area contributed by atoms with Crippen LogP contribution in [0, 0.1) is 12.8 Å². The molecule has 0 heteroatoms. The molecule has 0 fully saturated rings. The van der Waals surface area contributed by atoms with E-state index in [4.69, 9.17) is 0 Å². The molecule has 1 aromatic rings. The van der Waals surface area contributed by atoms with Gasteiger partial charge in [0, 0.05) is 0 Å². The maximum absolute atomic E-state index is 2.22. The first-order valence-corrected chi connectivity index (χ1v) is 5.03. The van der Waals surface area contributed by atoms with E-state index in [2.05, 4.69) is 56.3 Å². The Kier molecular flexibility index (Phi) is 2.53. The number of rotatable bonds is 1. The lowest BCUT2D eigenvalue weighted by Gasteiger charge is -2.15. The molecule has 1 aliphatic carbocycles. The maximum Gasteiger partial charge on any atom is -0.00113 e. The summed E-state index contributed by atoms with van der Waals surface area (Å²) in [5, 5.41) is 0. The number of benzene rings is 1. The van der Waals surface area contributed by atoms with Crippen LogP contribution in [0.15, 0.2) is 42.5 Å². The van der Waals surface area contributed by atoms with E-state index in [-0.39, 0.29) is 0 Å². The van der Waals surface area contributed by atoms with Crippen LogP contribution in [0.2, 0.25) is 0 Å². The monoisotopic (exact) mass is 183 g/mol. The molecule has 0 atom stereocenters. The summed E-state index contributed by atoms with van der Waals surface area (Å²) in [5.74, 6) is 1.44. The number of allylic oxidation sites excluding steroid dienone is 4. The third-order valence-electron chi connectivity index (χ3n) is 2.64. The molecular weight excluding hydrogens is 168 g/mol. The Labute approximate surface area is 86.0 Å². The fourth-order valence-electron chi connectivity index (χ4n) is 1.86. The standard InChI is InChI=1S/C14H15/c1-11-6-5-8-13(10-11)14-9-4-3-7-12(14)2/h3-9H,10H2,1-2H3. The summed E-state index contributed by atoms with van der Waals surface area (Å²) < 4.78 is 0. The molecule has 0 spiro atoms. The molecule has 71 valence electrons. The fourth-order valence-corrected chi connectivity index (χ4v) is 1.86. The molecule has 0 aromatic heterocycles. The Hall–Kier alpha value is -1.30. The summed E-state index contributed by atoms with van der Waals surface area (Å²) in [4.78, 5) is 0. The van der Waals surface area contributed by atoms with Gasteiger partial charge in [0.05, 0.1) is 0 Å². The SMILES string of the molecule is C[C]1C=CC=C(c2ccccc2C)C1. The van der Waals surface area contributed by atoms with Crippen LogP contribution in [-0.4, -0.2) is 0 Å². The largest absolute Gasteiger partial charge is 0.0774 e. The van der Waals surface area contributed by atoms with Crippen LogP contribution < -0.4 is 0 Å². The highest BCUT2D eigenvalue weighted by Gasteiger charge is 2.10. The van der Waals surface area contributed by atoms with Crippen molar-refractivity contribution < 1.29 is 0 Å². The van der Waals surface area contributed by atoms with Gasteiger partial charge in [0.2, 0.25) is 0 Å². The molecule has 14 heavy (non-hydrogen) atoms. The summed E-state index contributed by atoms with van der Waals surface area (Å²) >= 11 is 0. The zero-order chi connectivity index (χ0) is 9.97. The Morgan fingerprint density at radius 2 is 1.86 bits per heavy atom. The van der Waals surface area contributed by atoms with E-state index in [0.29, 0.717) is 0 Å². The summed E-state index contributed by atoms with van der Waals surface area (Å²) in [6.07, 6.45) is 7.62. The first-order chi connectivity index (χ1) is 6.77. The lowest BCUT2D eigenvalue weighted by molar-refractivity contribution is 1.07. The van der Waals surface area contributed by atoms with Gasteiger partial charge >= 0.3 is 0 Å². The number of hydrogen-bond acceptors (Lipinski definition) is 0. The van der Waals surface area contributed by atoms with Crippen LogP contribution in [-0.2, 0) is 0 Å². The Morgan fingerprint density at radius 3 is 2.57 bits per heavy atom. The summed E-state index contributed by atoms with van der Waals surface area (Å²) in [6.45, 7) is 4.35. The highest BCUT2D eigenvalue weighted by Crippen LogP contribution is 2.29. The van der Waals surface area contributed by atoms with Crippen molar-refractivity contribution in [2.75, 3.05) is 0 Å². The van der Waals surface area contributed by atoms with Gasteiger partial charge in [0.15, 0.2) is 0 Å². The number of aryl methyl sites for hydroxylation is 1. The molecule has 0 saturated heterocycles. The quantitative estimate of drug-likeness (QED) is 0.618. The van der Waals surface area contributed by atoms with Crippen LogP contribution in [0.4, 0.5) is 0 Å². The smallest absolute Gasteiger partial charge is 0.00113 e. The normalized spacial score (nSPS) is 16.9. The molecule has 1 aliphatic rings. The van der Waals surface area contributed by atoms with Crippen molar-refractivity contribution in [3.05, 3.63) is 59.5 Å². The first-order valence-electron chi connectivity index (χ1n) is 5.03. The summed E-state index contributed by atoms with van der Waals surface area (Å²) in [5.41, 5.74) is 4.18. The second-order valence-corrected chi connectivity index (χ2v) is 3.89. The minimum Gasteiger partial charge on any atom is -0.0774 e. The fraction of sp³-hybridized carbons (Fsp3) is 0.214. The highest BCUT2D eigenvalue weighted by molar-refractivity contribution is 5.72. The molecule has 0 nitrogen and oxygen atoms in total. The molecule has 1 aromatic carbocycles. The van der Waals surface area contributed by atoms with Gasteiger partial charge in [-0.05, 0) is 36.0 Å². The maximum atomic E-state index is 2.22. The van der Waals surface area contributed by atoms with Crippen molar-refractivity contribution in [2.45, 2.75) is 20.3 Å². The minimum atomic E-state index is 1.08. The van der Waals surface area contributed by atoms with Crippen molar-refractivity contribution >= 4 is 5.57 Å². The third kappa shape index (κ3) is 1.79. The van der Waals surface area contributed by atoms with Gasteiger partial charge in [-0.1, -0.05) is 49.4 Å². The van der Waals surface area contributed by atoms with Crippen molar-refractivity contribution in [3.8, 4) is 0 Å². The zero-order valence-corrected chi connectivity index (χ0v) is 8.75. The topological polar surface area (TPSA) is 0 Å². The van der Waals surface area contributed by atoms with Gasteiger partial charge in [0.25, 0.3) is 0 Å². The lowest BCUT2D eigenvalue weighted by Crippen LogP contribution is -1.96. The molecule has 0 N–H and O–H groups in total. The van der Waals surface area contributed by atoms with E-state index in [9.17, 15) is 0 Å². The van der Waals surface area contributed by atoms with Crippen LogP contribution in [0.25, 0.3) is 5.57 Å².